The molecule has 7 heteroatoms. The van der Waals surface area contributed by atoms with Crippen molar-refractivity contribution in [1.82, 2.24) is 4.90 Å². The molecule has 0 aromatic heterocycles. The van der Waals surface area contributed by atoms with E-state index in [1.807, 2.05) is 35.2 Å². The van der Waals surface area contributed by atoms with Crippen LogP contribution in [-0.2, 0) is 14.3 Å². The maximum atomic E-state index is 13.0. The molecule has 0 bridgehead atoms. The third-order valence-electron chi connectivity index (χ3n) is 4.95. The fraction of sp³-hybridized carbons (Fsp3) is 0.474. The minimum Gasteiger partial charge on any atom is -0.449 e. The van der Waals surface area contributed by atoms with Crippen molar-refractivity contribution in [1.29, 1.82) is 0 Å². The number of benzene rings is 1. The zero-order valence-electron chi connectivity index (χ0n) is 14.7. The normalized spacial score (nSPS) is 21.5. The SMILES string of the molecule is O=C1OCCCN1c1ccc(N2CCC=C(N3CCOCC3)C2=O)cc1. The molecule has 0 radical (unpaired) electrons. The highest BCUT2D eigenvalue weighted by Crippen LogP contribution is 2.27. The number of rotatable bonds is 3. The summed E-state index contributed by atoms with van der Waals surface area (Å²) >= 11 is 0. The number of anilines is 2. The van der Waals surface area contributed by atoms with Crippen molar-refractivity contribution in [2.24, 2.45) is 0 Å². The first-order valence-corrected chi connectivity index (χ1v) is 9.13. The number of nitrogens with zero attached hydrogens (tertiary/aromatic N) is 3. The van der Waals surface area contributed by atoms with Gasteiger partial charge in [-0.3, -0.25) is 9.69 Å². The van der Waals surface area contributed by atoms with E-state index in [0.29, 0.717) is 32.9 Å². The number of hydrogen-bond acceptors (Lipinski definition) is 5. The molecule has 0 spiro atoms. The summed E-state index contributed by atoms with van der Waals surface area (Å²) in [6.45, 7) is 4.62. The van der Waals surface area contributed by atoms with Gasteiger partial charge in [0, 0.05) is 37.6 Å². The van der Waals surface area contributed by atoms with Crippen LogP contribution in [0.4, 0.5) is 16.2 Å². The fourth-order valence-corrected chi connectivity index (χ4v) is 3.57. The van der Waals surface area contributed by atoms with Gasteiger partial charge < -0.3 is 19.3 Å². The smallest absolute Gasteiger partial charge is 0.414 e. The molecule has 2 saturated heterocycles. The lowest BCUT2D eigenvalue weighted by molar-refractivity contribution is -0.117. The molecule has 0 unspecified atom stereocenters. The lowest BCUT2D eigenvalue weighted by Gasteiger charge is -2.35. The van der Waals surface area contributed by atoms with Crippen molar-refractivity contribution in [3.63, 3.8) is 0 Å². The van der Waals surface area contributed by atoms with Gasteiger partial charge in [-0.2, -0.15) is 0 Å². The Hall–Kier alpha value is -2.54. The number of carbonyl (C=O) groups is 2. The molecule has 0 atom stereocenters. The summed E-state index contributed by atoms with van der Waals surface area (Å²) in [6.07, 6.45) is 3.38. The summed E-state index contributed by atoms with van der Waals surface area (Å²) in [5.74, 6) is 0.0308. The zero-order valence-corrected chi connectivity index (χ0v) is 14.7. The maximum Gasteiger partial charge on any atom is 0.414 e. The van der Waals surface area contributed by atoms with E-state index in [4.69, 9.17) is 9.47 Å². The largest absolute Gasteiger partial charge is 0.449 e. The molecular formula is C19H23N3O4. The molecule has 3 heterocycles. The molecule has 3 aliphatic heterocycles. The summed E-state index contributed by atoms with van der Waals surface area (Å²) in [6, 6.07) is 7.55. The van der Waals surface area contributed by atoms with Gasteiger partial charge >= 0.3 is 6.09 Å². The molecule has 1 aromatic rings. The van der Waals surface area contributed by atoms with E-state index in [1.165, 1.54) is 0 Å². The van der Waals surface area contributed by atoms with Crippen LogP contribution in [0.3, 0.4) is 0 Å². The molecule has 0 N–H and O–H groups in total. The molecule has 2 amide bonds. The van der Waals surface area contributed by atoms with Gasteiger partial charge in [-0.1, -0.05) is 6.08 Å². The number of carbonyl (C=O) groups excluding carboxylic acids is 2. The van der Waals surface area contributed by atoms with Gasteiger partial charge in [0.25, 0.3) is 5.91 Å². The predicted molar refractivity (Wildman–Crippen MR) is 97.2 cm³/mol. The summed E-state index contributed by atoms with van der Waals surface area (Å²) in [4.78, 5) is 30.4. The number of ether oxygens (including phenoxy) is 2. The Morgan fingerprint density at radius 3 is 2.19 bits per heavy atom. The molecular weight excluding hydrogens is 334 g/mol. The number of morpholine rings is 1. The molecule has 26 heavy (non-hydrogen) atoms. The van der Waals surface area contributed by atoms with E-state index in [0.717, 1.165) is 43.0 Å². The second-order valence-electron chi connectivity index (χ2n) is 6.57. The highest BCUT2D eigenvalue weighted by Gasteiger charge is 2.28. The van der Waals surface area contributed by atoms with Crippen molar-refractivity contribution in [2.75, 3.05) is 55.8 Å². The topological polar surface area (TPSA) is 62.3 Å². The Morgan fingerprint density at radius 2 is 1.50 bits per heavy atom. The van der Waals surface area contributed by atoms with E-state index < -0.39 is 0 Å². The Morgan fingerprint density at radius 1 is 0.808 bits per heavy atom. The van der Waals surface area contributed by atoms with Crippen LogP contribution >= 0.6 is 0 Å². The van der Waals surface area contributed by atoms with Crippen molar-refractivity contribution >= 4 is 23.4 Å². The van der Waals surface area contributed by atoms with E-state index in [-0.39, 0.29) is 12.0 Å². The second-order valence-corrected chi connectivity index (χ2v) is 6.57. The Balaban J connectivity index is 1.49. The van der Waals surface area contributed by atoms with Crippen LogP contribution in [0.25, 0.3) is 0 Å². The van der Waals surface area contributed by atoms with Gasteiger partial charge in [-0.05, 0) is 37.1 Å². The van der Waals surface area contributed by atoms with Crippen LogP contribution in [0, 0.1) is 0 Å². The molecule has 4 rings (SSSR count). The van der Waals surface area contributed by atoms with Crippen molar-refractivity contribution in [2.45, 2.75) is 12.8 Å². The molecule has 3 aliphatic rings. The molecule has 0 aliphatic carbocycles. The highest BCUT2D eigenvalue weighted by molar-refractivity contribution is 6.06. The van der Waals surface area contributed by atoms with Crippen LogP contribution in [0.15, 0.2) is 36.0 Å². The first-order valence-electron chi connectivity index (χ1n) is 9.13. The zero-order chi connectivity index (χ0) is 17.9. The molecule has 1 aromatic carbocycles. The third kappa shape index (κ3) is 3.26. The average Bonchev–Trinajstić information content (AvgIpc) is 2.69. The maximum absolute atomic E-state index is 13.0. The highest BCUT2D eigenvalue weighted by atomic mass is 16.6. The monoisotopic (exact) mass is 357 g/mol. The number of cyclic esters (lactones) is 1. The van der Waals surface area contributed by atoms with Crippen LogP contribution in [-0.4, -0.2) is 62.9 Å². The first-order chi connectivity index (χ1) is 12.7. The van der Waals surface area contributed by atoms with Gasteiger partial charge in [-0.25, -0.2) is 4.79 Å². The van der Waals surface area contributed by atoms with E-state index in [1.54, 1.807) is 4.90 Å². The molecule has 7 nitrogen and oxygen atoms in total. The first kappa shape index (κ1) is 16.9. The Labute approximate surface area is 152 Å². The predicted octanol–water partition coefficient (Wildman–Crippen LogP) is 1.99. The van der Waals surface area contributed by atoms with Gasteiger partial charge in [0.15, 0.2) is 0 Å². The minimum absolute atomic E-state index is 0.0308. The van der Waals surface area contributed by atoms with Gasteiger partial charge in [0.2, 0.25) is 0 Å². The van der Waals surface area contributed by atoms with Gasteiger partial charge in [0.05, 0.1) is 25.5 Å². The average molecular weight is 357 g/mol. The van der Waals surface area contributed by atoms with Crippen LogP contribution in [0.2, 0.25) is 0 Å². The van der Waals surface area contributed by atoms with Crippen LogP contribution in [0.5, 0.6) is 0 Å². The van der Waals surface area contributed by atoms with Gasteiger partial charge in [0.1, 0.15) is 0 Å². The number of hydrogen-bond donors (Lipinski definition) is 0. The lowest BCUT2D eigenvalue weighted by atomic mass is 10.1. The second kappa shape index (κ2) is 7.37. The fourth-order valence-electron chi connectivity index (χ4n) is 3.57. The summed E-state index contributed by atoms with van der Waals surface area (Å²) in [5, 5.41) is 0. The lowest BCUT2D eigenvalue weighted by Crippen LogP contribution is -2.45. The summed E-state index contributed by atoms with van der Waals surface area (Å²) in [5.41, 5.74) is 2.41. The number of amides is 2. The standard InChI is InChI=1S/C19H23N3O4/c23-18-17(20-10-13-25-14-11-20)3-1-8-21(18)15-4-6-16(7-5-15)22-9-2-12-26-19(22)24/h3-7H,1-2,8-14H2. The van der Waals surface area contributed by atoms with Crippen LogP contribution in [0.1, 0.15) is 12.8 Å². The Kier molecular flexibility index (Phi) is 4.79. The van der Waals surface area contributed by atoms with Gasteiger partial charge in [-0.15, -0.1) is 0 Å². The van der Waals surface area contributed by atoms with Crippen molar-refractivity contribution in [3.8, 4) is 0 Å². The molecule has 138 valence electrons. The van der Waals surface area contributed by atoms with Crippen LogP contribution < -0.4 is 9.80 Å². The summed E-state index contributed by atoms with van der Waals surface area (Å²) < 4.78 is 10.5. The Bertz CT molecular complexity index is 710. The third-order valence-corrected chi connectivity index (χ3v) is 4.95. The van der Waals surface area contributed by atoms with E-state index in [2.05, 4.69) is 4.90 Å². The minimum atomic E-state index is -0.310. The molecule has 0 saturated carbocycles. The van der Waals surface area contributed by atoms with E-state index >= 15 is 0 Å². The quantitative estimate of drug-likeness (QED) is 0.828. The van der Waals surface area contributed by atoms with Crippen molar-refractivity contribution in [3.05, 3.63) is 36.0 Å². The summed E-state index contributed by atoms with van der Waals surface area (Å²) in [7, 11) is 0. The van der Waals surface area contributed by atoms with E-state index in [9.17, 15) is 9.59 Å². The molecule has 2 fully saturated rings. The van der Waals surface area contributed by atoms with Crippen molar-refractivity contribution < 1.29 is 19.1 Å².